The number of nitrogens with zero attached hydrogens (tertiary/aromatic N) is 3. The van der Waals surface area contributed by atoms with Crippen LogP contribution in [-0.4, -0.2) is 65.7 Å². The van der Waals surface area contributed by atoms with Gasteiger partial charge >= 0.3 is 14.8 Å². The second-order valence-corrected chi connectivity index (χ2v) is 9.17. The molecule has 3 rings (SSSR count). The number of rotatable bonds is 6. The van der Waals surface area contributed by atoms with Crippen molar-refractivity contribution in [2.45, 2.75) is 56.7 Å². The first-order valence-electron chi connectivity index (χ1n) is 6.84. The summed E-state index contributed by atoms with van der Waals surface area (Å²) in [4.78, 5) is 0. The first-order valence-corrected chi connectivity index (χ1v) is 8.39. The van der Waals surface area contributed by atoms with Crippen LogP contribution in [0.15, 0.2) is 0 Å². The fraction of sp³-hybridized carbons (Fsp3) is 1.00. The summed E-state index contributed by atoms with van der Waals surface area (Å²) < 4.78 is 8.24. The Morgan fingerprint density at radius 2 is 0.875 bits per heavy atom. The Balaban J connectivity index is 1.69. The van der Waals surface area contributed by atoms with Gasteiger partial charge in [0.05, 0.1) is 0 Å². The van der Waals surface area contributed by atoms with E-state index in [0.717, 1.165) is 18.1 Å². The molecule has 3 saturated carbocycles. The van der Waals surface area contributed by atoms with E-state index in [4.69, 9.17) is 0 Å². The minimum absolute atomic E-state index is 0.916. The molecule has 0 unspecified atom stereocenters. The molecule has 3 fully saturated rings. The highest BCUT2D eigenvalue weighted by Gasteiger charge is 2.50. The first kappa shape index (κ1) is 11.5. The van der Waals surface area contributed by atoms with Crippen molar-refractivity contribution in [1.29, 1.82) is 0 Å². The fourth-order valence-corrected chi connectivity index (χ4v) is 6.62. The summed E-state index contributed by atoms with van der Waals surface area (Å²) in [6.07, 6.45) is 8.65. The fourth-order valence-electron chi connectivity index (χ4n) is 2.87. The van der Waals surface area contributed by atoms with Gasteiger partial charge in [-0.2, -0.15) is 0 Å². The number of hydrogen-bond donors (Lipinski definition) is 0. The summed E-state index contributed by atoms with van der Waals surface area (Å²) in [6.45, 7) is 0. The van der Waals surface area contributed by atoms with Gasteiger partial charge in [0, 0.05) is 0 Å². The van der Waals surface area contributed by atoms with Crippen LogP contribution in [0, 0.1) is 0 Å². The lowest BCUT2D eigenvalue weighted by Gasteiger charge is -2.36. The quantitative estimate of drug-likeness (QED) is 0.644. The molecule has 4 heteroatoms. The molecule has 0 atom stereocenters. The summed E-state index contributed by atoms with van der Waals surface area (Å²) in [5.41, 5.74) is 0. The molecule has 0 aromatic rings. The summed E-state index contributed by atoms with van der Waals surface area (Å²) in [5.74, 6) is 0. The molecular weight excluding hydrogens is 213 g/mol. The molecule has 0 aromatic carbocycles. The maximum Gasteiger partial charge on any atom is 0.609 e. The Morgan fingerprint density at radius 3 is 1.06 bits per heavy atom. The Labute approximate surface area is 104 Å². The van der Waals surface area contributed by atoms with Crippen LogP contribution >= 0.6 is 0 Å². The van der Waals surface area contributed by atoms with E-state index in [0.29, 0.717) is 0 Å². The van der Waals surface area contributed by atoms with E-state index < -0.39 is 14.8 Å². The lowest BCUT2D eigenvalue weighted by molar-refractivity contribution is 0.318. The lowest BCUT2D eigenvalue weighted by atomic mass is 10.7. The molecular formula is C12H24AlN3. The topological polar surface area (TPSA) is 9.72 Å². The van der Waals surface area contributed by atoms with Crippen molar-refractivity contribution in [3.63, 3.8) is 0 Å². The van der Waals surface area contributed by atoms with Crippen molar-refractivity contribution in [2.75, 3.05) is 21.1 Å². The van der Waals surface area contributed by atoms with Crippen molar-refractivity contribution < 1.29 is 0 Å². The van der Waals surface area contributed by atoms with Gasteiger partial charge in [0.1, 0.15) is 0 Å². The lowest BCUT2D eigenvalue weighted by Crippen LogP contribution is -2.61. The molecule has 3 nitrogen and oxygen atoms in total. The monoisotopic (exact) mass is 237 g/mol. The third-order valence-corrected chi connectivity index (χ3v) is 7.91. The number of hydrogen-bond acceptors (Lipinski definition) is 3. The third-order valence-electron chi connectivity index (χ3n) is 4.46. The summed E-state index contributed by atoms with van der Waals surface area (Å²) in [7, 11) is 7.14. The van der Waals surface area contributed by atoms with Crippen molar-refractivity contribution in [1.82, 2.24) is 11.7 Å². The highest BCUT2D eigenvalue weighted by Crippen LogP contribution is 2.35. The van der Waals surface area contributed by atoms with Crippen molar-refractivity contribution >= 4 is 14.8 Å². The van der Waals surface area contributed by atoms with Gasteiger partial charge in [-0.15, -0.1) is 0 Å². The van der Waals surface area contributed by atoms with Gasteiger partial charge < -0.3 is 11.7 Å². The molecule has 0 aliphatic heterocycles. The van der Waals surface area contributed by atoms with Gasteiger partial charge in [0.2, 0.25) is 0 Å². The van der Waals surface area contributed by atoms with Crippen LogP contribution in [0.1, 0.15) is 38.5 Å². The third kappa shape index (κ3) is 2.32. The van der Waals surface area contributed by atoms with Gasteiger partial charge in [-0.05, 0) is 77.8 Å². The van der Waals surface area contributed by atoms with Crippen LogP contribution in [0.25, 0.3) is 0 Å². The Morgan fingerprint density at radius 1 is 0.625 bits per heavy atom. The molecule has 3 aliphatic rings. The summed E-state index contributed by atoms with van der Waals surface area (Å²) in [5, 5.41) is 0. The summed E-state index contributed by atoms with van der Waals surface area (Å²) in [6, 6.07) is 2.75. The van der Waals surface area contributed by atoms with Gasteiger partial charge in [0.25, 0.3) is 0 Å². The van der Waals surface area contributed by atoms with Crippen LogP contribution < -0.4 is 0 Å². The molecule has 90 valence electrons. The Kier molecular flexibility index (Phi) is 3.06. The van der Waals surface area contributed by atoms with E-state index in [1.807, 2.05) is 0 Å². The van der Waals surface area contributed by atoms with Gasteiger partial charge in [0.15, 0.2) is 0 Å². The van der Waals surface area contributed by atoms with E-state index in [1.165, 1.54) is 38.5 Å². The molecule has 0 N–H and O–H groups in total. The van der Waals surface area contributed by atoms with E-state index in [1.54, 1.807) is 0 Å². The Bertz CT molecular complexity index is 218. The molecule has 0 bridgehead atoms. The highest BCUT2D eigenvalue weighted by molar-refractivity contribution is 6.49. The van der Waals surface area contributed by atoms with Crippen LogP contribution in [0.4, 0.5) is 0 Å². The normalized spacial score (nSPS) is 25.9. The van der Waals surface area contributed by atoms with E-state index in [9.17, 15) is 0 Å². The standard InChI is InChI=1S/3C4H8N.Al/c3*1-5-4-2-3-4;/h3*4H,2-3H2,1H3;/q3*-1;+3. The first-order chi connectivity index (χ1) is 7.68. The maximum absolute atomic E-state index is 2.75. The van der Waals surface area contributed by atoms with Crippen LogP contribution in [-0.2, 0) is 0 Å². The minimum atomic E-state index is -1.00. The molecule has 0 amide bonds. The second kappa shape index (κ2) is 4.26. The zero-order chi connectivity index (χ0) is 11.3. The predicted octanol–water partition coefficient (Wildman–Crippen LogP) is 1.25. The van der Waals surface area contributed by atoms with Crippen molar-refractivity contribution in [3.8, 4) is 0 Å². The predicted molar refractivity (Wildman–Crippen MR) is 68.1 cm³/mol. The zero-order valence-corrected chi connectivity index (χ0v) is 12.0. The van der Waals surface area contributed by atoms with Crippen LogP contribution in [0.2, 0.25) is 0 Å². The molecule has 0 aromatic heterocycles. The van der Waals surface area contributed by atoms with Crippen molar-refractivity contribution in [3.05, 3.63) is 0 Å². The molecule has 0 spiro atoms. The molecule has 0 saturated heterocycles. The summed E-state index contributed by atoms with van der Waals surface area (Å²) >= 11 is -1.00. The smallest absolute Gasteiger partial charge is 0.357 e. The SMILES string of the molecule is C[N](C1CC1)[Al]([N](C)C1CC1)[N](C)C1CC1. The molecule has 0 radical (unpaired) electrons. The van der Waals surface area contributed by atoms with E-state index in [-0.39, 0.29) is 0 Å². The van der Waals surface area contributed by atoms with Gasteiger partial charge in [-0.25, -0.2) is 0 Å². The molecule has 3 aliphatic carbocycles. The van der Waals surface area contributed by atoms with Gasteiger partial charge in [-0.3, -0.25) is 0 Å². The van der Waals surface area contributed by atoms with Gasteiger partial charge in [-0.1, -0.05) is 0 Å². The van der Waals surface area contributed by atoms with Crippen molar-refractivity contribution in [2.24, 2.45) is 0 Å². The highest BCUT2D eigenvalue weighted by atomic mass is 27.2. The average molecular weight is 237 g/mol. The van der Waals surface area contributed by atoms with E-state index >= 15 is 0 Å². The average Bonchev–Trinajstić information content (AvgIpc) is 3.20. The van der Waals surface area contributed by atoms with E-state index in [2.05, 4.69) is 32.8 Å². The minimum Gasteiger partial charge on any atom is -0.357 e. The largest absolute Gasteiger partial charge is 0.609 e. The molecule has 16 heavy (non-hydrogen) atoms. The maximum atomic E-state index is 2.75. The van der Waals surface area contributed by atoms with Crippen LogP contribution in [0.3, 0.4) is 0 Å². The van der Waals surface area contributed by atoms with Crippen LogP contribution in [0.5, 0.6) is 0 Å². The second-order valence-electron chi connectivity index (χ2n) is 6.04. The Hall–Kier alpha value is 0.412. The molecule has 0 heterocycles. The zero-order valence-electron chi connectivity index (χ0n) is 10.9.